The Labute approximate surface area is 352 Å². The molecule has 0 atom stereocenters. The Morgan fingerprint density at radius 2 is 0.564 bits per heavy atom. The quantitative estimate of drug-likeness (QED) is 0.0432. The zero-order valence-electron chi connectivity index (χ0n) is 39.9. The highest BCUT2D eigenvalue weighted by atomic mass is 14.1. The molecule has 0 fully saturated rings. The van der Waals surface area contributed by atoms with E-state index in [1.54, 1.807) is 0 Å². The first-order valence-corrected chi connectivity index (χ1v) is 25.3. The van der Waals surface area contributed by atoms with E-state index in [-0.39, 0.29) is 0 Å². The van der Waals surface area contributed by atoms with E-state index in [0.717, 1.165) is 18.8 Å². The minimum absolute atomic E-state index is 0.937. The third-order valence-corrected chi connectivity index (χ3v) is 10.3. The van der Waals surface area contributed by atoms with Crippen molar-refractivity contribution < 1.29 is 0 Å². The smallest absolute Gasteiger partial charge is 0.0169 e. The van der Waals surface area contributed by atoms with Crippen molar-refractivity contribution in [1.29, 1.82) is 0 Å². The summed E-state index contributed by atoms with van der Waals surface area (Å²) in [4.78, 5) is 0. The van der Waals surface area contributed by atoms with Crippen molar-refractivity contribution in [2.75, 3.05) is 0 Å². The highest BCUT2D eigenvalue weighted by Gasteiger charge is 2.02. The van der Waals surface area contributed by atoms with Crippen LogP contribution in [0.1, 0.15) is 287 Å². The van der Waals surface area contributed by atoms with Gasteiger partial charge < -0.3 is 0 Å². The largest absolute Gasteiger partial charge is 0.103 e. The maximum Gasteiger partial charge on any atom is -0.0169 e. The maximum atomic E-state index is 3.69. The maximum absolute atomic E-state index is 3.69. The highest BCUT2D eigenvalue weighted by Crippen LogP contribution is 2.19. The van der Waals surface area contributed by atoms with Gasteiger partial charge in [-0.05, 0) is 83.0 Å². The molecular formula is C55H108. The lowest BCUT2D eigenvalue weighted by Gasteiger charge is -2.11. The Hall–Kier alpha value is -1.30. The number of rotatable bonds is 39. The van der Waals surface area contributed by atoms with Crippen molar-refractivity contribution in [1.82, 2.24) is 0 Å². The molecule has 55 heavy (non-hydrogen) atoms. The first-order valence-electron chi connectivity index (χ1n) is 25.3. The van der Waals surface area contributed by atoms with E-state index < -0.39 is 0 Å². The van der Waals surface area contributed by atoms with Crippen LogP contribution in [0.3, 0.4) is 0 Å². The second-order valence-electron chi connectivity index (χ2n) is 16.0. The van der Waals surface area contributed by atoms with Gasteiger partial charge in [0.05, 0.1) is 0 Å². The van der Waals surface area contributed by atoms with E-state index in [1.807, 2.05) is 19.9 Å². The van der Waals surface area contributed by atoms with Crippen molar-refractivity contribution in [2.45, 2.75) is 287 Å². The lowest BCUT2D eigenvalue weighted by atomic mass is 9.96. The summed E-state index contributed by atoms with van der Waals surface area (Å²) in [7, 11) is 0. The average Bonchev–Trinajstić information content (AvgIpc) is 3.20. The second-order valence-corrected chi connectivity index (χ2v) is 16.0. The minimum Gasteiger partial charge on any atom is -0.103 e. The number of hydrogen-bond acceptors (Lipinski definition) is 0. The lowest BCUT2D eigenvalue weighted by molar-refractivity contribution is 0.431. The van der Waals surface area contributed by atoms with E-state index in [1.165, 1.54) is 218 Å². The molecule has 0 aliphatic carbocycles. The molecule has 0 heterocycles. The van der Waals surface area contributed by atoms with E-state index in [9.17, 15) is 0 Å². The SMILES string of the molecule is C=CCCCCCCCC.CC.CCCCC.CCCCC/C=C\C/C=C\CCCCCCCCC(C)CCCCCCCC/C=C\C/C=C\CCCCC. The standard InChI is InChI=1S/C38H70.C10H20.C5H12.C2H6/c1-4-6-8-10-12-14-16-18-20-22-24-26-28-30-32-34-36-38(3)37-35-33-31-29-27-25-23-21-19-17-15-13-11-9-7-5-2;1-3-5-7-9-10-8-6-4-2;1-3-5-4-2;1-2/h12-15,18-21,38H,4-11,16-17,22-37H2,1-3H3;3H,1,4-10H2,2H3;3-5H2,1-2H3;1-2H3/b14-12-,15-13-,20-18-,21-19-;;;. The zero-order valence-corrected chi connectivity index (χ0v) is 39.9. The highest BCUT2D eigenvalue weighted by molar-refractivity contribution is 4.93. The summed E-state index contributed by atoms with van der Waals surface area (Å²) in [6, 6.07) is 0. The summed E-state index contributed by atoms with van der Waals surface area (Å²) in [5.41, 5.74) is 0. The third-order valence-electron chi connectivity index (χ3n) is 10.3. The van der Waals surface area contributed by atoms with Gasteiger partial charge >= 0.3 is 0 Å². The molecule has 0 heteroatoms. The van der Waals surface area contributed by atoms with Gasteiger partial charge in [0.25, 0.3) is 0 Å². The van der Waals surface area contributed by atoms with Crippen LogP contribution >= 0.6 is 0 Å². The molecule has 0 spiro atoms. The van der Waals surface area contributed by atoms with Crippen LogP contribution in [-0.2, 0) is 0 Å². The van der Waals surface area contributed by atoms with Gasteiger partial charge in [-0.2, -0.15) is 0 Å². The fourth-order valence-electron chi connectivity index (χ4n) is 6.53. The van der Waals surface area contributed by atoms with Crippen LogP contribution in [0.15, 0.2) is 61.3 Å². The molecule has 0 nitrogen and oxygen atoms in total. The van der Waals surface area contributed by atoms with E-state index in [4.69, 9.17) is 0 Å². The van der Waals surface area contributed by atoms with Crippen LogP contribution in [0.5, 0.6) is 0 Å². The van der Waals surface area contributed by atoms with Crippen molar-refractivity contribution >= 4 is 0 Å². The molecule has 0 aromatic rings. The Kier molecular flexibility index (Phi) is 70.9. The van der Waals surface area contributed by atoms with Crippen LogP contribution < -0.4 is 0 Å². The molecule has 0 bridgehead atoms. The summed E-state index contributed by atoms with van der Waals surface area (Å²) in [5, 5.41) is 0. The van der Waals surface area contributed by atoms with Gasteiger partial charge in [-0.25, -0.2) is 0 Å². The Morgan fingerprint density at radius 1 is 0.309 bits per heavy atom. The molecule has 328 valence electrons. The summed E-state index contributed by atoms with van der Waals surface area (Å²) in [5.74, 6) is 0.937. The Bertz CT molecular complexity index is 670. The molecular weight excluding hydrogens is 661 g/mol. The van der Waals surface area contributed by atoms with E-state index in [2.05, 4.69) is 96.7 Å². The summed E-state index contributed by atoms with van der Waals surface area (Å²) >= 11 is 0. The molecule has 0 rings (SSSR count). The Balaban J connectivity index is -0.000000631. The first kappa shape index (κ1) is 60.4. The number of allylic oxidation sites excluding steroid dienone is 9. The van der Waals surface area contributed by atoms with Crippen molar-refractivity contribution in [3.8, 4) is 0 Å². The molecule has 0 unspecified atom stereocenters. The number of hydrogen-bond donors (Lipinski definition) is 0. The van der Waals surface area contributed by atoms with Crippen LogP contribution in [0.4, 0.5) is 0 Å². The third kappa shape index (κ3) is 70.9. The topological polar surface area (TPSA) is 0 Å². The fourth-order valence-corrected chi connectivity index (χ4v) is 6.53. The lowest BCUT2D eigenvalue weighted by Crippen LogP contribution is -1.95. The van der Waals surface area contributed by atoms with Crippen LogP contribution in [0.2, 0.25) is 0 Å². The van der Waals surface area contributed by atoms with Crippen molar-refractivity contribution in [3.63, 3.8) is 0 Å². The van der Waals surface area contributed by atoms with Crippen molar-refractivity contribution in [3.05, 3.63) is 61.3 Å². The van der Waals surface area contributed by atoms with Gasteiger partial charge in [0, 0.05) is 0 Å². The van der Waals surface area contributed by atoms with Gasteiger partial charge in [-0.3, -0.25) is 0 Å². The van der Waals surface area contributed by atoms with Gasteiger partial charge in [0.1, 0.15) is 0 Å². The minimum atomic E-state index is 0.937. The van der Waals surface area contributed by atoms with E-state index >= 15 is 0 Å². The van der Waals surface area contributed by atoms with Gasteiger partial charge in [-0.15, -0.1) is 6.58 Å². The fraction of sp³-hybridized carbons (Fsp3) is 0.818. The molecule has 0 saturated carbocycles. The average molecular weight is 769 g/mol. The predicted molar refractivity (Wildman–Crippen MR) is 262 cm³/mol. The molecule has 0 aliphatic heterocycles. The molecule has 0 aromatic heterocycles. The van der Waals surface area contributed by atoms with Gasteiger partial charge in [-0.1, -0.05) is 264 Å². The normalized spacial score (nSPS) is 11.3. The second kappa shape index (κ2) is 64.6. The monoisotopic (exact) mass is 769 g/mol. The predicted octanol–water partition coefficient (Wildman–Crippen LogP) is 21.2. The van der Waals surface area contributed by atoms with Crippen molar-refractivity contribution in [2.24, 2.45) is 5.92 Å². The summed E-state index contributed by atoms with van der Waals surface area (Å²) in [6.45, 7) is 21.4. The van der Waals surface area contributed by atoms with Gasteiger partial charge in [0.15, 0.2) is 0 Å². The van der Waals surface area contributed by atoms with Crippen LogP contribution in [0, 0.1) is 5.92 Å². The summed E-state index contributed by atoms with van der Waals surface area (Å²) < 4.78 is 0. The Morgan fingerprint density at radius 3 is 0.873 bits per heavy atom. The zero-order chi connectivity index (χ0) is 41.4. The molecule has 0 radical (unpaired) electrons. The summed E-state index contributed by atoms with van der Waals surface area (Å²) in [6.07, 6.45) is 70.0. The number of unbranched alkanes of at least 4 members (excludes halogenated alkanes) is 26. The molecule has 0 aromatic carbocycles. The molecule has 0 N–H and O–H groups in total. The first-order chi connectivity index (χ1) is 27.1. The molecule has 0 saturated heterocycles. The van der Waals surface area contributed by atoms with E-state index in [0.29, 0.717) is 0 Å². The van der Waals surface area contributed by atoms with Crippen LogP contribution in [-0.4, -0.2) is 0 Å². The van der Waals surface area contributed by atoms with Crippen LogP contribution in [0.25, 0.3) is 0 Å². The molecule has 0 aliphatic rings. The van der Waals surface area contributed by atoms with Gasteiger partial charge in [0.2, 0.25) is 0 Å². The molecule has 0 amide bonds.